The van der Waals surface area contributed by atoms with E-state index in [-0.39, 0.29) is 18.6 Å². The number of hydrogen-bond donors (Lipinski definition) is 1. The maximum atomic E-state index is 10.6. The molecule has 0 aromatic carbocycles. The van der Waals surface area contributed by atoms with Gasteiger partial charge in [-0.05, 0) is 13.3 Å². The fourth-order valence-corrected chi connectivity index (χ4v) is 0.408. The number of ether oxygens (including phenoxy) is 1. The van der Waals surface area contributed by atoms with E-state index in [9.17, 15) is 4.79 Å². The Kier molecular flexibility index (Phi) is 4.94. The number of carbonyl (C=O) groups is 1. The van der Waals surface area contributed by atoms with Crippen LogP contribution in [0.25, 0.3) is 0 Å². The Hall–Kier alpha value is -0.570. The molecule has 0 saturated heterocycles. The Labute approximate surface area is 61.8 Å². The molecule has 3 heteroatoms. The van der Waals surface area contributed by atoms with Gasteiger partial charge in [-0.25, -0.2) is 0 Å². The molecular formula is C7H15NO2. The van der Waals surface area contributed by atoms with Crippen LogP contribution in [-0.2, 0) is 9.53 Å². The van der Waals surface area contributed by atoms with Crippen LogP contribution in [0.4, 0.5) is 0 Å². The molecule has 0 fully saturated rings. The van der Waals surface area contributed by atoms with Crippen molar-refractivity contribution in [3.8, 4) is 0 Å². The smallest absolute Gasteiger partial charge is 0.245 e. The highest BCUT2D eigenvalue weighted by Crippen LogP contribution is 1.93. The van der Waals surface area contributed by atoms with Crippen molar-refractivity contribution in [3.05, 3.63) is 0 Å². The van der Waals surface area contributed by atoms with Gasteiger partial charge in [0.15, 0.2) is 0 Å². The Morgan fingerprint density at radius 3 is 2.70 bits per heavy atom. The van der Waals surface area contributed by atoms with E-state index in [0.717, 1.165) is 6.42 Å². The third kappa shape index (κ3) is 4.32. The van der Waals surface area contributed by atoms with Gasteiger partial charge in [0.2, 0.25) is 5.91 Å². The first-order chi connectivity index (χ1) is 4.70. The van der Waals surface area contributed by atoms with Crippen molar-refractivity contribution in [3.63, 3.8) is 0 Å². The van der Waals surface area contributed by atoms with E-state index in [1.165, 1.54) is 0 Å². The van der Waals surface area contributed by atoms with Gasteiger partial charge in [0, 0.05) is 7.05 Å². The highest BCUT2D eigenvalue weighted by atomic mass is 16.5. The summed E-state index contributed by atoms with van der Waals surface area (Å²) in [6.45, 7) is 4.14. The molecule has 0 rings (SSSR count). The van der Waals surface area contributed by atoms with E-state index < -0.39 is 0 Å². The van der Waals surface area contributed by atoms with Gasteiger partial charge in [0.05, 0.1) is 6.10 Å². The van der Waals surface area contributed by atoms with Crippen LogP contribution in [0.2, 0.25) is 0 Å². The molecule has 0 aliphatic rings. The predicted molar refractivity (Wildman–Crippen MR) is 39.8 cm³/mol. The summed E-state index contributed by atoms with van der Waals surface area (Å²) in [6.07, 6.45) is 1.12. The SMILES string of the molecule is CCC(C)OCC(=O)NC. The summed E-state index contributed by atoms with van der Waals surface area (Å²) in [5.74, 6) is -0.0692. The monoisotopic (exact) mass is 145 g/mol. The highest BCUT2D eigenvalue weighted by Gasteiger charge is 2.01. The van der Waals surface area contributed by atoms with Gasteiger partial charge in [-0.15, -0.1) is 0 Å². The average molecular weight is 145 g/mol. The molecule has 0 aliphatic heterocycles. The third-order valence-corrected chi connectivity index (χ3v) is 1.35. The zero-order chi connectivity index (χ0) is 7.98. The first-order valence-electron chi connectivity index (χ1n) is 3.52. The second-order valence-corrected chi connectivity index (χ2v) is 2.20. The lowest BCUT2D eigenvalue weighted by Gasteiger charge is -2.08. The molecule has 1 N–H and O–H groups in total. The van der Waals surface area contributed by atoms with Crippen LogP contribution < -0.4 is 5.32 Å². The van der Waals surface area contributed by atoms with E-state index in [2.05, 4.69) is 5.32 Å². The first-order valence-corrected chi connectivity index (χ1v) is 3.52. The molecule has 0 radical (unpaired) electrons. The van der Waals surface area contributed by atoms with Crippen LogP contribution in [-0.4, -0.2) is 25.7 Å². The van der Waals surface area contributed by atoms with Gasteiger partial charge in [0.1, 0.15) is 6.61 Å². The van der Waals surface area contributed by atoms with E-state index in [4.69, 9.17) is 4.74 Å². The average Bonchev–Trinajstić information content (AvgIpc) is 1.99. The molecule has 0 bridgehead atoms. The molecule has 0 aliphatic carbocycles. The quantitative estimate of drug-likeness (QED) is 0.627. The minimum atomic E-state index is -0.0692. The fourth-order valence-electron chi connectivity index (χ4n) is 0.408. The summed E-state index contributed by atoms with van der Waals surface area (Å²) in [4.78, 5) is 10.6. The molecule has 3 nitrogen and oxygen atoms in total. The largest absolute Gasteiger partial charge is 0.369 e. The van der Waals surface area contributed by atoms with Gasteiger partial charge in [-0.3, -0.25) is 4.79 Å². The number of nitrogens with one attached hydrogen (secondary N) is 1. The summed E-state index contributed by atoms with van der Waals surface area (Å²) < 4.78 is 5.13. The van der Waals surface area contributed by atoms with Crippen molar-refractivity contribution in [2.45, 2.75) is 26.4 Å². The lowest BCUT2D eigenvalue weighted by molar-refractivity contribution is -0.126. The molecule has 1 amide bonds. The highest BCUT2D eigenvalue weighted by molar-refractivity contribution is 5.76. The predicted octanol–water partition coefficient (Wildman–Crippen LogP) is 0.547. The summed E-state index contributed by atoms with van der Waals surface area (Å²) in [5.41, 5.74) is 0. The van der Waals surface area contributed by atoms with Gasteiger partial charge < -0.3 is 10.1 Å². The fraction of sp³-hybridized carbons (Fsp3) is 0.857. The Balaban J connectivity index is 3.26. The Morgan fingerprint density at radius 1 is 1.70 bits per heavy atom. The maximum Gasteiger partial charge on any atom is 0.245 e. The van der Waals surface area contributed by atoms with Crippen molar-refractivity contribution < 1.29 is 9.53 Å². The molecule has 0 heterocycles. The lowest BCUT2D eigenvalue weighted by Crippen LogP contribution is -2.25. The summed E-state index contributed by atoms with van der Waals surface area (Å²) >= 11 is 0. The van der Waals surface area contributed by atoms with E-state index >= 15 is 0 Å². The lowest BCUT2D eigenvalue weighted by atomic mass is 10.3. The van der Waals surface area contributed by atoms with Crippen LogP contribution in [0, 0.1) is 0 Å². The third-order valence-electron chi connectivity index (χ3n) is 1.35. The van der Waals surface area contributed by atoms with Crippen LogP contribution >= 0.6 is 0 Å². The van der Waals surface area contributed by atoms with Gasteiger partial charge in [0.25, 0.3) is 0 Å². The first kappa shape index (κ1) is 9.43. The molecule has 1 unspecified atom stereocenters. The number of carbonyl (C=O) groups excluding carboxylic acids is 1. The van der Waals surface area contributed by atoms with Crippen molar-refractivity contribution in [1.29, 1.82) is 0 Å². The summed E-state index contributed by atoms with van der Waals surface area (Å²) in [6, 6.07) is 0. The molecular weight excluding hydrogens is 130 g/mol. The van der Waals surface area contributed by atoms with Crippen molar-refractivity contribution >= 4 is 5.91 Å². The second-order valence-electron chi connectivity index (χ2n) is 2.20. The van der Waals surface area contributed by atoms with Gasteiger partial charge in [-0.2, -0.15) is 0 Å². The summed E-state index contributed by atoms with van der Waals surface area (Å²) in [7, 11) is 1.60. The molecule has 1 atom stereocenters. The van der Waals surface area contributed by atoms with Crippen molar-refractivity contribution in [2.24, 2.45) is 0 Å². The van der Waals surface area contributed by atoms with Crippen molar-refractivity contribution in [2.75, 3.05) is 13.7 Å². The van der Waals surface area contributed by atoms with Crippen LogP contribution in [0.1, 0.15) is 20.3 Å². The van der Waals surface area contributed by atoms with Crippen LogP contribution in [0.5, 0.6) is 0 Å². The van der Waals surface area contributed by atoms with Gasteiger partial charge in [-0.1, -0.05) is 6.92 Å². The molecule has 0 spiro atoms. The minimum Gasteiger partial charge on any atom is -0.369 e. The van der Waals surface area contributed by atoms with Crippen LogP contribution in [0.15, 0.2) is 0 Å². The van der Waals surface area contributed by atoms with Crippen molar-refractivity contribution in [1.82, 2.24) is 5.32 Å². The van der Waals surface area contributed by atoms with E-state index in [0.29, 0.717) is 0 Å². The zero-order valence-corrected chi connectivity index (χ0v) is 6.81. The molecule has 0 aromatic heterocycles. The van der Waals surface area contributed by atoms with Gasteiger partial charge >= 0.3 is 0 Å². The van der Waals surface area contributed by atoms with E-state index in [1.807, 2.05) is 13.8 Å². The number of likely N-dealkylation sites (N-methyl/N-ethyl adjacent to an activating group) is 1. The standard InChI is InChI=1S/C7H15NO2/c1-4-6(2)10-5-7(9)8-3/h6H,4-5H2,1-3H3,(H,8,9). The van der Waals surface area contributed by atoms with E-state index in [1.54, 1.807) is 7.05 Å². The Morgan fingerprint density at radius 2 is 2.30 bits per heavy atom. The topological polar surface area (TPSA) is 38.3 Å². The summed E-state index contributed by atoms with van der Waals surface area (Å²) in [5, 5.41) is 2.48. The van der Waals surface area contributed by atoms with Crippen LogP contribution in [0.3, 0.4) is 0 Å². The Bertz CT molecular complexity index is 104. The number of rotatable bonds is 4. The molecule has 10 heavy (non-hydrogen) atoms. The molecule has 60 valence electrons. The number of amides is 1. The second kappa shape index (κ2) is 5.23. The number of hydrogen-bond acceptors (Lipinski definition) is 2. The molecule has 0 saturated carbocycles. The zero-order valence-electron chi connectivity index (χ0n) is 6.81. The molecule has 0 aromatic rings. The maximum absolute atomic E-state index is 10.6. The normalized spacial score (nSPS) is 12.7. The minimum absolute atomic E-state index is 0.0692.